The summed E-state index contributed by atoms with van der Waals surface area (Å²) in [7, 11) is 0. The molecule has 86 valence electrons. The molecule has 0 aliphatic rings. The van der Waals surface area contributed by atoms with Gasteiger partial charge in [-0.3, -0.25) is 0 Å². The van der Waals surface area contributed by atoms with Gasteiger partial charge in [-0.1, -0.05) is 26.0 Å². The van der Waals surface area contributed by atoms with Gasteiger partial charge in [-0.05, 0) is 46.2 Å². The smallest absolute Gasteiger partial charge is 0.0755 e. The van der Waals surface area contributed by atoms with E-state index in [-0.39, 0.29) is 24.4 Å². The zero-order chi connectivity index (χ0) is 10.7. The minimum atomic E-state index is -0.477. The van der Waals surface area contributed by atoms with Crippen LogP contribution in [0.1, 0.15) is 25.5 Å². The summed E-state index contributed by atoms with van der Waals surface area (Å²) in [4.78, 5) is 0. The number of nitrogens with two attached hydrogens (primary N) is 1. The van der Waals surface area contributed by atoms with Crippen LogP contribution < -0.4 is 5.73 Å². The van der Waals surface area contributed by atoms with Gasteiger partial charge in [0.05, 0.1) is 12.1 Å². The maximum absolute atomic E-state index is 9.79. The van der Waals surface area contributed by atoms with Crippen LogP contribution in [0.3, 0.4) is 0 Å². The second-order valence-electron chi connectivity index (χ2n) is 3.81. The fourth-order valence-corrected chi connectivity index (χ4v) is 1.66. The Morgan fingerprint density at radius 3 is 2.07 bits per heavy atom. The Labute approximate surface area is 111 Å². The third-order valence-electron chi connectivity index (χ3n) is 2.31. The number of aliphatic hydroxyl groups excluding tert-OH is 1. The number of rotatable bonds is 3. The molecular formula is C11H17ClINO. The van der Waals surface area contributed by atoms with Crippen molar-refractivity contribution in [3.05, 3.63) is 33.4 Å². The van der Waals surface area contributed by atoms with E-state index >= 15 is 0 Å². The first kappa shape index (κ1) is 15.2. The molecule has 0 bridgehead atoms. The summed E-state index contributed by atoms with van der Waals surface area (Å²) in [5, 5.41) is 9.79. The van der Waals surface area contributed by atoms with Crippen LogP contribution in [0.15, 0.2) is 24.3 Å². The highest BCUT2D eigenvalue weighted by Gasteiger charge is 2.19. The van der Waals surface area contributed by atoms with Gasteiger partial charge in [0.25, 0.3) is 0 Å². The van der Waals surface area contributed by atoms with Gasteiger partial charge in [0.1, 0.15) is 0 Å². The van der Waals surface area contributed by atoms with Crippen LogP contribution in [-0.4, -0.2) is 11.2 Å². The Bertz CT molecular complexity index is 289. The standard InChI is InChI=1S/C11H16INO.ClH/c1-7(2)11(14)10(13)8-3-5-9(12)6-4-8;/h3-7,10-11,14H,13H2,1-2H3;1H/t10-,11+;/m1./s1. The van der Waals surface area contributed by atoms with Gasteiger partial charge >= 0.3 is 0 Å². The second kappa shape index (κ2) is 6.68. The van der Waals surface area contributed by atoms with Crippen molar-refractivity contribution in [3.8, 4) is 0 Å². The zero-order valence-corrected chi connectivity index (χ0v) is 11.8. The fourth-order valence-electron chi connectivity index (χ4n) is 1.30. The molecule has 3 N–H and O–H groups in total. The van der Waals surface area contributed by atoms with E-state index in [1.165, 1.54) is 3.57 Å². The van der Waals surface area contributed by atoms with Gasteiger partial charge < -0.3 is 10.8 Å². The first-order valence-corrected chi connectivity index (χ1v) is 5.79. The summed E-state index contributed by atoms with van der Waals surface area (Å²) < 4.78 is 1.18. The predicted octanol–water partition coefficient (Wildman–Crippen LogP) is 2.73. The third kappa shape index (κ3) is 4.26. The van der Waals surface area contributed by atoms with Crippen molar-refractivity contribution in [1.82, 2.24) is 0 Å². The Morgan fingerprint density at radius 1 is 1.20 bits per heavy atom. The second-order valence-corrected chi connectivity index (χ2v) is 5.06. The molecule has 0 fully saturated rings. The molecule has 4 heteroatoms. The molecule has 0 aliphatic heterocycles. The largest absolute Gasteiger partial charge is 0.391 e. The lowest BCUT2D eigenvalue weighted by Crippen LogP contribution is -2.30. The van der Waals surface area contributed by atoms with E-state index in [1.54, 1.807) is 0 Å². The lowest BCUT2D eigenvalue weighted by molar-refractivity contribution is 0.0979. The van der Waals surface area contributed by atoms with Crippen LogP contribution in [-0.2, 0) is 0 Å². The molecule has 0 spiro atoms. The average Bonchev–Trinajstić information content (AvgIpc) is 2.16. The molecule has 0 saturated heterocycles. The van der Waals surface area contributed by atoms with Crippen LogP contribution in [0.2, 0.25) is 0 Å². The highest BCUT2D eigenvalue weighted by Crippen LogP contribution is 2.20. The van der Waals surface area contributed by atoms with E-state index in [2.05, 4.69) is 22.6 Å². The lowest BCUT2D eigenvalue weighted by Gasteiger charge is -2.22. The van der Waals surface area contributed by atoms with Gasteiger partial charge in [-0.15, -0.1) is 12.4 Å². The molecule has 0 saturated carbocycles. The van der Waals surface area contributed by atoms with E-state index in [0.29, 0.717) is 0 Å². The van der Waals surface area contributed by atoms with Gasteiger partial charge in [0, 0.05) is 3.57 Å². The summed E-state index contributed by atoms with van der Waals surface area (Å²) in [6.07, 6.45) is -0.477. The third-order valence-corrected chi connectivity index (χ3v) is 3.03. The molecule has 0 aliphatic carbocycles. The molecule has 0 unspecified atom stereocenters. The molecule has 15 heavy (non-hydrogen) atoms. The quantitative estimate of drug-likeness (QED) is 0.831. The van der Waals surface area contributed by atoms with Crippen molar-refractivity contribution in [1.29, 1.82) is 0 Å². The summed E-state index contributed by atoms with van der Waals surface area (Å²) in [5.74, 6) is 0.185. The topological polar surface area (TPSA) is 46.2 Å². The number of halogens is 2. The molecule has 0 amide bonds. The maximum atomic E-state index is 9.79. The molecule has 0 heterocycles. The first-order valence-electron chi connectivity index (χ1n) is 4.71. The number of aliphatic hydroxyl groups is 1. The van der Waals surface area contributed by atoms with Crippen molar-refractivity contribution >= 4 is 35.0 Å². The van der Waals surface area contributed by atoms with Crippen molar-refractivity contribution in [3.63, 3.8) is 0 Å². The van der Waals surface area contributed by atoms with Crippen molar-refractivity contribution in [2.75, 3.05) is 0 Å². The molecule has 2 nitrogen and oxygen atoms in total. The van der Waals surface area contributed by atoms with Gasteiger partial charge in [0.15, 0.2) is 0 Å². The normalized spacial score (nSPS) is 14.5. The number of hydrogen-bond donors (Lipinski definition) is 2. The summed E-state index contributed by atoms with van der Waals surface area (Å²) in [5.41, 5.74) is 6.93. The Balaban J connectivity index is 0.00000196. The molecule has 1 aromatic rings. The molecule has 1 aromatic carbocycles. The molecule has 0 aromatic heterocycles. The van der Waals surface area contributed by atoms with Crippen LogP contribution >= 0.6 is 35.0 Å². The first-order chi connectivity index (χ1) is 6.52. The Morgan fingerprint density at radius 2 is 1.67 bits per heavy atom. The molecule has 1 rings (SSSR count). The molecule has 0 radical (unpaired) electrons. The summed E-state index contributed by atoms with van der Waals surface area (Å²) in [6, 6.07) is 7.66. The Hall–Kier alpha value is 0.160. The van der Waals surface area contributed by atoms with Gasteiger partial charge in [-0.2, -0.15) is 0 Å². The van der Waals surface area contributed by atoms with Crippen LogP contribution in [0.5, 0.6) is 0 Å². The summed E-state index contributed by atoms with van der Waals surface area (Å²) in [6.45, 7) is 3.94. The molecular weight excluding hydrogens is 324 g/mol. The van der Waals surface area contributed by atoms with E-state index < -0.39 is 6.10 Å². The Kier molecular flexibility index (Phi) is 6.75. The minimum absolute atomic E-state index is 0. The van der Waals surface area contributed by atoms with Gasteiger partial charge in [0.2, 0.25) is 0 Å². The zero-order valence-electron chi connectivity index (χ0n) is 8.85. The van der Waals surface area contributed by atoms with E-state index in [0.717, 1.165) is 5.56 Å². The van der Waals surface area contributed by atoms with E-state index in [4.69, 9.17) is 5.73 Å². The van der Waals surface area contributed by atoms with Crippen LogP contribution in [0.4, 0.5) is 0 Å². The monoisotopic (exact) mass is 341 g/mol. The molecule has 2 atom stereocenters. The fraction of sp³-hybridized carbons (Fsp3) is 0.455. The highest BCUT2D eigenvalue weighted by atomic mass is 127. The summed E-state index contributed by atoms with van der Waals surface area (Å²) >= 11 is 2.25. The van der Waals surface area contributed by atoms with Crippen molar-refractivity contribution < 1.29 is 5.11 Å². The number of hydrogen-bond acceptors (Lipinski definition) is 2. The van der Waals surface area contributed by atoms with Crippen molar-refractivity contribution in [2.45, 2.75) is 26.0 Å². The van der Waals surface area contributed by atoms with Crippen LogP contribution in [0.25, 0.3) is 0 Å². The highest BCUT2D eigenvalue weighted by molar-refractivity contribution is 14.1. The lowest BCUT2D eigenvalue weighted by atomic mass is 9.95. The van der Waals surface area contributed by atoms with E-state index in [1.807, 2.05) is 38.1 Å². The SMILES string of the molecule is CC(C)[C@H](O)[C@H](N)c1ccc(I)cc1.Cl. The minimum Gasteiger partial charge on any atom is -0.391 e. The van der Waals surface area contributed by atoms with Crippen LogP contribution in [0, 0.1) is 9.49 Å². The maximum Gasteiger partial charge on any atom is 0.0755 e. The van der Waals surface area contributed by atoms with Gasteiger partial charge in [-0.25, -0.2) is 0 Å². The average molecular weight is 342 g/mol. The van der Waals surface area contributed by atoms with Crippen molar-refractivity contribution in [2.24, 2.45) is 11.7 Å². The number of benzene rings is 1. The van der Waals surface area contributed by atoms with E-state index in [9.17, 15) is 5.11 Å². The predicted molar refractivity (Wildman–Crippen MR) is 74.2 cm³/mol.